The molecule has 4 aromatic rings. The maximum Gasteiger partial charge on any atom is 0.223 e. The molecule has 196 valence electrons. The largest absolute Gasteiger partial charge is 0.353 e. The molecule has 0 spiro atoms. The number of anilines is 1. The highest BCUT2D eigenvalue weighted by atomic mass is 35.5. The van der Waals surface area contributed by atoms with E-state index in [0.717, 1.165) is 67.1 Å². The summed E-state index contributed by atoms with van der Waals surface area (Å²) < 4.78 is 2.17. The van der Waals surface area contributed by atoms with Gasteiger partial charge < -0.3 is 20.9 Å². The molecular formula is C30H33ClN6O. The molecule has 7 nitrogen and oxygen atoms in total. The molecule has 4 N–H and O–H groups in total. The van der Waals surface area contributed by atoms with Crippen molar-refractivity contribution in [3.8, 4) is 16.9 Å². The molecule has 8 heteroatoms. The van der Waals surface area contributed by atoms with Crippen molar-refractivity contribution in [2.45, 2.75) is 63.1 Å². The second kappa shape index (κ2) is 10.8. The van der Waals surface area contributed by atoms with E-state index in [9.17, 15) is 4.79 Å². The zero-order valence-electron chi connectivity index (χ0n) is 21.3. The number of aromatic nitrogens is 3. The minimum Gasteiger partial charge on any atom is -0.353 e. The van der Waals surface area contributed by atoms with Gasteiger partial charge in [-0.3, -0.25) is 4.79 Å². The predicted molar refractivity (Wildman–Crippen MR) is 152 cm³/mol. The van der Waals surface area contributed by atoms with E-state index in [0.29, 0.717) is 16.7 Å². The van der Waals surface area contributed by atoms with Crippen LogP contribution in [0.5, 0.6) is 0 Å². The molecule has 0 saturated heterocycles. The summed E-state index contributed by atoms with van der Waals surface area (Å²) in [7, 11) is 0. The Labute approximate surface area is 227 Å². The lowest BCUT2D eigenvalue weighted by Gasteiger charge is -2.31. The lowest BCUT2D eigenvalue weighted by molar-refractivity contribution is -0.125. The quantitative estimate of drug-likeness (QED) is 0.298. The minimum atomic E-state index is 0.0542. The van der Waals surface area contributed by atoms with Crippen LogP contribution in [0.1, 0.15) is 44.9 Å². The number of hydrogen-bond acceptors (Lipinski definition) is 5. The van der Waals surface area contributed by atoms with Gasteiger partial charge in [0.05, 0.1) is 22.4 Å². The van der Waals surface area contributed by atoms with E-state index >= 15 is 0 Å². The highest BCUT2D eigenvalue weighted by Crippen LogP contribution is 2.35. The fourth-order valence-corrected chi connectivity index (χ4v) is 6.20. The van der Waals surface area contributed by atoms with E-state index in [1.54, 1.807) is 6.20 Å². The Morgan fingerprint density at radius 2 is 1.76 bits per heavy atom. The first-order chi connectivity index (χ1) is 18.5. The number of carbonyl (C=O) groups excluding carboxylic acids is 1. The van der Waals surface area contributed by atoms with E-state index in [-0.39, 0.29) is 30.0 Å². The van der Waals surface area contributed by atoms with Crippen molar-refractivity contribution in [1.82, 2.24) is 19.9 Å². The maximum atomic E-state index is 12.7. The van der Waals surface area contributed by atoms with Gasteiger partial charge in [0.15, 0.2) is 0 Å². The van der Waals surface area contributed by atoms with Gasteiger partial charge in [0, 0.05) is 46.9 Å². The number of amides is 1. The van der Waals surface area contributed by atoms with Crippen LogP contribution in [0.15, 0.2) is 67.0 Å². The molecule has 0 aliphatic heterocycles. The summed E-state index contributed by atoms with van der Waals surface area (Å²) in [5.74, 6) is 0.765. The molecule has 0 bridgehead atoms. The van der Waals surface area contributed by atoms with Gasteiger partial charge in [-0.15, -0.1) is 0 Å². The van der Waals surface area contributed by atoms with E-state index < -0.39 is 0 Å². The van der Waals surface area contributed by atoms with Crippen molar-refractivity contribution in [3.05, 3.63) is 72.0 Å². The van der Waals surface area contributed by atoms with Crippen LogP contribution in [-0.2, 0) is 4.79 Å². The van der Waals surface area contributed by atoms with Crippen molar-refractivity contribution in [2.24, 2.45) is 11.7 Å². The van der Waals surface area contributed by atoms with Crippen molar-refractivity contribution < 1.29 is 4.79 Å². The molecule has 2 aromatic heterocycles. The van der Waals surface area contributed by atoms with E-state index in [2.05, 4.69) is 50.6 Å². The molecule has 38 heavy (non-hydrogen) atoms. The fraction of sp³-hybridized carbons (Fsp3) is 0.367. The predicted octanol–water partition coefficient (Wildman–Crippen LogP) is 5.71. The number of rotatable bonds is 6. The molecule has 4 atom stereocenters. The van der Waals surface area contributed by atoms with Gasteiger partial charge in [0.1, 0.15) is 0 Å². The molecule has 6 rings (SSSR count). The lowest BCUT2D eigenvalue weighted by atomic mass is 9.90. The van der Waals surface area contributed by atoms with Crippen molar-refractivity contribution in [1.29, 1.82) is 0 Å². The van der Waals surface area contributed by atoms with Crippen molar-refractivity contribution in [2.75, 3.05) is 5.32 Å². The summed E-state index contributed by atoms with van der Waals surface area (Å²) >= 11 is 6.66. The first-order valence-corrected chi connectivity index (χ1v) is 13.9. The number of para-hydroxylation sites is 2. The third-order valence-corrected chi connectivity index (χ3v) is 8.22. The van der Waals surface area contributed by atoms with Crippen LogP contribution in [0, 0.1) is 5.92 Å². The molecule has 2 aromatic carbocycles. The zero-order chi connectivity index (χ0) is 26.1. The van der Waals surface area contributed by atoms with Gasteiger partial charge in [-0.25, -0.2) is 9.97 Å². The van der Waals surface area contributed by atoms with Gasteiger partial charge in [-0.05, 0) is 63.1 Å². The van der Waals surface area contributed by atoms with Crippen molar-refractivity contribution >= 4 is 34.4 Å². The number of carbonyl (C=O) groups is 1. The highest BCUT2D eigenvalue weighted by Gasteiger charge is 2.31. The topological polar surface area (TPSA) is 97.9 Å². The van der Waals surface area contributed by atoms with Gasteiger partial charge in [0.25, 0.3) is 0 Å². The number of nitrogens with zero attached hydrogens (tertiary/aromatic N) is 3. The number of nitrogens with two attached hydrogens (primary N) is 1. The Kier molecular flexibility index (Phi) is 7.04. The third-order valence-electron chi connectivity index (χ3n) is 7.94. The van der Waals surface area contributed by atoms with Crippen LogP contribution >= 0.6 is 11.6 Å². The number of halogens is 1. The summed E-state index contributed by atoms with van der Waals surface area (Å²) in [6.07, 6.45) is 10.3. The first kappa shape index (κ1) is 24.9. The zero-order valence-corrected chi connectivity index (χ0v) is 22.1. The van der Waals surface area contributed by atoms with Crippen LogP contribution in [0.2, 0.25) is 5.02 Å². The second-order valence-electron chi connectivity index (χ2n) is 10.6. The summed E-state index contributed by atoms with van der Waals surface area (Å²) in [5, 5.41) is 8.40. The van der Waals surface area contributed by atoms with Gasteiger partial charge in [-0.1, -0.05) is 48.0 Å². The van der Waals surface area contributed by atoms with Gasteiger partial charge in [-0.2, -0.15) is 0 Å². The first-order valence-electron chi connectivity index (χ1n) is 13.6. The molecule has 2 saturated carbocycles. The van der Waals surface area contributed by atoms with Crippen LogP contribution in [0.4, 0.5) is 5.95 Å². The van der Waals surface area contributed by atoms with Crippen LogP contribution in [0.3, 0.4) is 0 Å². The molecule has 2 fully saturated rings. The Bertz CT molecular complexity index is 1440. The fourth-order valence-electron chi connectivity index (χ4n) is 6.00. The van der Waals surface area contributed by atoms with Crippen LogP contribution in [0.25, 0.3) is 27.8 Å². The average molecular weight is 529 g/mol. The van der Waals surface area contributed by atoms with E-state index in [1.807, 2.05) is 30.3 Å². The van der Waals surface area contributed by atoms with Crippen molar-refractivity contribution in [3.63, 3.8) is 0 Å². The summed E-state index contributed by atoms with van der Waals surface area (Å²) in [4.78, 5) is 22.1. The second-order valence-corrected chi connectivity index (χ2v) is 11.0. The summed E-state index contributed by atoms with van der Waals surface area (Å²) in [6, 6.07) is 19.0. The molecule has 2 heterocycles. The van der Waals surface area contributed by atoms with Crippen LogP contribution in [-0.4, -0.2) is 38.6 Å². The van der Waals surface area contributed by atoms with Gasteiger partial charge in [0.2, 0.25) is 11.9 Å². The van der Waals surface area contributed by atoms with E-state index in [4.69, 9.17) is 22.3 Å². The summed E-state index contributed by atoms with van der Waals surface area (Å²) in [5.41, 5.74) is 9.85. The monoisotopic (exact) mass is 528 g/mol. The Balaban J connectivity index is 1.22. The van der Waals surface area contributed by atoms with E-state index in [1.165, 1.54) is 0 Å². The Morgan fingerprint density at radius 1 is 0.974 bits per heavy atom. The normalized spacial score (nSPS) is 23.4. The standard InChI is InChI=1S/C30H33ClN6O/c31-26-17-33-30(35-22-8-6-7-21(16-22)34-29(38)19-13-14-20(32)15-19)36-28(26)25-18-37(23-9-2-1-3-10-23)27-12-5-4-11-24(25)27/h1-5,9-12,17-22H,6-8,13-16,32H2,(H,34,38)(H,33,35,36)/t19-,20+,21-,22+/m0/s1. The molecule has 0 radical (unpaired) electrons. The SMILES string of the molecule is N[C@@H]1CC[C@H](C(=O)N[C@H]2CCC[C@@H](Nc3ncc(Cl)c(-c4cn(-c5ccccc5)c5ccccc45)n3)C2)C1. The van der Waals surface area contributed by atoms with Crippen LogP contribution < -0.4 is 16.4 Å². The lowest BCUT2D eigenvalue weighted by Crippen LogP contribution is -2.44. The molecule has 2 aliphatic carbocycles. The Hall–Kier alpha value is -3.42. The minimum absolute atomic E-state index is 0.0542. The number of nitrogens with one attached hydrogen (secondary N) is 2. The highest BCUT2D eigenvalue weighted by molar-refractivity contribution is 6.33. The maximum absolute atomic E-state index is 12.7. The third kappa shape index (κ3) is 5.13. The molecule has 2 aliphatic rings. The smallest absolute Gasteiger partial charge is 0.223 e. The molecular weight excluding hydrogens is 496 g/mol. The number of hydrogen-bond donors (Lipinski definition) is 3. The molecule has 0 unspecified atom stereocenters. The number of fused-ring (bicyclic) bond motifs is 1. The van der Waals surface area contributed by atoms with Gasteiger partial charge >= 0.3 is 0 Å². The molecule has 1 amide bonds. The average Bonchev–Trinajstić information content (AvgIpc) is 3.55. The summed E-state index contributed by atoms with van der Waals surface area (Å²) in [6.45, 7) is 0. The number of benzene rings is 2. The Morgan fingerprint density at radius 3 is 2.58 bits per heavy atom.